The zero-order valence-electron chi connectivity index (χ0n) is 14.4. The van der Waals surface area contributed by atoms with Crippen LogP contribution in [0.3, 0.4) is 0 Å². The van der Waals surface area contributed by atoms with Gasteiger partial charge >= 0.3 is 0 Å². The molecule has 0 aromatic heterocycles. The second-order valence-electron chi connectivity index (χ2n) is 6.84. The van der Waals surface area contributed by atoms with Crippen LogP contribution in [-0.4, -0.2) is 12.2 Å². The van der Waals surface area contributed by atoms with Gasteiger partial charge in [-0.25, -0.2) is 0 Å². The summed E-state index contributed by atoms with van der Waals surface area (Å²) >= 11 is 0. The fourth-order valence-electron chi connectivity index (χ4n) is 3.84. The normalized spacial score (nSPS) is 19.2. The number of phenols is 1. The number of hydrogen-bond donors (Lipinski definition) is 1. The molecule has 1 saturated carbocycles. The highest BCUT2D eigenvalue weighted by atomic mass is 16.5. The first-order valence-electron chi connectivity index (χ1n) is 9.10. The van der Waals surface area contributed by atoms with Gasteiger partial charge < -0.3 is 9.84 Å². The van der Waals surface area contributed by atoms with Gasteiger partial charge in [-0.1, -0.05) is 57.8 Å². The maximum absolute atomic E-state index is 10.00. The molecule has 2 rings (SSSR count). The SMILES string of the molecule is COc1c(C)cc(O)cc1C1CCCCCCCCCCC1. The molecule has 1 aliphatic carbocycles. The molecule has 1 fully saturated rings. The molecule has 2 heteroatoms. The van der Waals surface area contributed by atoms with Crippen LogP contribution in [0.25, 0.3) is 0 Å². The molecule has 124 valence electrons. The van der Waals surface area contributed by atoms with Crippen molar-refractivity contribution in [2.45, 2.75) is 83.5 Å². The molecule has 1 aromatic carbocycles. The highest BCUT2D eigenvalue weighted by Crippen LogP contribution is 2.39. The average Bonchev–Trinajstić information content (AvgIpc) is 2.47. The van der Waals surface area contributed by atoms with Crippen LogP contribution in [0.5, 0.6) is 11.5 Å². The Bertz CT molecular complexity index is 441. The summed E-state index contributed by atoms with van der Waals surface area (Å²) in [5.74, 6) is 1.88. The van der Waals surface area contributed by atoms with Crippen LogP contribution in [0.1, 0.15) is 87.7 Å². The third kappa shape index (κ3) is 4.93. The Morgan fingerprint density at radius 1 is 0.864 bits per heavy atom. The molecule has 22 heavy (non-hydrogen) atoms. The molecular formula is C20H32O2. The molecule has 1 aromatic rings. The maximum Gasteiger partial charge on any atom is 0.125 e. The van der Waals surface area contributed by atoms with Gasteiger partial charge in [0.1, 0.15) is 11.5 Å². The van der Waals surface area contributed by atoms with Crippen molar-refractivity contribution in [1.82, 2.24) is 0 Å². The summed E-state index contributed by atoms with van der Waals surface area (Å²) < 4.78 is 5.65. The quantitative estimate of drug-likeness (QED) is 0.715. The summed E-state index contributed by atoms with van der Waals surface area (Å²) in [6.45, 7) is 2.03. The van der Waals surface area contributed by atoms with Crippen molar-refractivity contribution in [3.63, 3.8) is 0 Å². The molecule has 0 aliphatic heterocycles. The van der Waals surface area contributed by atoms with E-state index in [9.17, 15) is 5.11 Å². The minimum absolute atomic E-state index is 0.374. The lowest BCUT2D eigenvalue weighted by molar-refractivity contribution is 0.389. The van der Waals surface area contributed by atoms with Gasteiger partial charge in [-0.3, -0.25) is 0 Å². The molecule has 2 nitrogen and oxygen atoms in total. The van der Waals surface area contributed by atoms with Gasteiger partial charge in [0.25, 0.3) is 0 Å². The largest absolute Gasteiger partial charge is 0.508 e. The predicted molar refractivity (Wildman–Crippen MR) is 92.9 cm³/mol. The number of rotatable bonds is 2. The van der Waals surface area contributed by atoms with Gasteiger partial charge in [0.15, 0.2) is 0 Å². The van der Waals surface area contributed by atoms with E-state index in [2.05, 4.69) is 0 Å². The third-order valence-electron chi connectivity index (χ3n) is 5.04. The highest BCUT2D eigenvalue weighted by molar-refractivity contribution is 5.47. The van der Waals surface area contributed by atoms with Crippen molar-refractivity contribution in [3.05, 3.63) is 23.3 Å². The fourth-order valence-corrected chi connectivity index (χ4v) is 3.84. The highest BCUT2D eigenvalue weighted by Gasteiger charge is 2.19. The third-order valence-corrected chi connectivity index (χ3v) is 5.04. The second-order valence-corrected chi connectivity index (χ2v) is 6.84. The van der Waals surface area contributed by atoms with E-state index in [0.717, 1.165) is 11.3 Å². The number of methoxy groups -OCH3 is 1. The summed E-state index contributed by atoms with van der Waals surface area (Å²) in [5.41, 5.74) is 2.26. The summed E-state index contributed by atoms with van der Waals surface area (Å²) in [4.78, 5) is 0. The number of aryl methyl sites for hydroxylation is 1. The van der Waals surface area contributed by atoms with Crippen molar-refractivity contribution in [3.8, 4) is 11.5 Å². The Hall–Kier alpha value is -1.18. The van der Waals surface area contributed by atoms with Crippen LogP contribution in [0.2, 0.25) is 0 Å². The van der Waals surface area contributed by atoms with Crippen LogP contribution >= 0.6 is 0 Å². The Morgan fingerprint density at radius 3 is 1.86 bits per heavy atom. The second kappa shape index (κ2) is 9.07. The lowest BCUT2D eigenvalue weighted by atomic mass is 9.86. The molecule has 0 saturated heterocycles. The first-order chi connectivity index (χ1) is 10.7. The van der Waals surface area contributed by atoms with Crippen LogP contribution in [0, 0.1) is 6.92 Å². The molecule has 0 bridgehead atoms. The van der Waals surface area contributed by atoms with Gasteiger partial charge in [-0.15, -0.1) is 0 Å². The van der Waals surface area contributed by atoms with Gasteiger partial charge in [-0.05, 0) is 43.4 Å². The predicted octanol–water partition coefficient (Wildman–Crippen LogP) is 6.10. The minimum atomic E-state index is 0.374. The first kappa shape index (κ1) is 17.2. The van der Waals surface area contributed by atoms with E-state index in [1.807, 2.05) is 13.0 Å². The Labute approximate surface area is 135 Å². The first-order valence-corrected chi connectivity index (χ1v) is 9.10. The topological polar surface area (TPSA) is 29.5 Å². The smallest absolute Gasteiger partial charge is 0.125 e. The molecule has 0 atom stereocenters. The van der Waals surface area contributed by atoms with Crippen molar-refractivity contribution >= 4 is 0 Å². The van der Waals surface area contributed by atoms with E-state index in [0.29, 0.717) is 11.7 Å². The molecule has 0 amide bonds. The van der Waals surface area contributed by atoms with Crippen LogP contribution < -0.4 is 4.74 Å². The molecule has 1 aliphatic rings. The molecule has 0 spiro atoms. The Kier molecular flexibility index (Phi) is 7.08. The van der Waals surface area contributed by atoms with Crippen molar-refractivity contribution in [2.75, 3.05) is 7.11 Å². The average molecular weight is 304 g/mol. The van der Waals surface area contributed by atoms with E-state index < -0.39 is 0 Å². The van der Waals surface area contributed by atoms with E-state index in [4.69, 9.17) is 4.74 Å². The minimum Gasteiger partial charge on any atom is -0.508 e. The fraction of sp³-hybridized carbons (Fsp3) is 0.700. The van der Waals surface area contributed by atoms with Crippen LogP contribution in [0.4, 0.5) is 0 Å². The van der Waals surface area contributed by atoms with Crippen molar-refractivity contribution in [1.29, 1.82) is 0 Å². The standard InChI is InChI=1S/C20H32O2/c1-16-14-18(21)15-19(20(16)22-2)17-12-10-8-6-4-3-5-7-9-11-13-17/h14-15,17,21H,3-13H2,1-2H3. The van der Waals surface area contributed by atoms with Gasteiger partial charge in [0.05, 0.1) is 7.11 Å². The summed E-state index contributed by atoms with van der Waals surface area (Å²) in [5, 5.41) is 10.00. The van der Waals surface area contributed by atoms with Crippen molar-refractivity contribution < 1.29 is 9.84 Å². The Balaban J connectivity index is 2.14. The molecule has 0 radical (unpaired) electrons. The number of hydrogen-bond acceptors (Lipinski definition) is 2. The van der Waals surface area contributed by atoms with E-state index >= 15 is 0 Å². The van der Waals surface area contributed by atoms with Gasteiger partial charge in [-0.2, -0.15) is 0 Å². The van der Waals surface area contributed by atoms with E-state index in [-0.39, 0.29) is 0 Å². The van der Waals surface area contributed by atoms with Gasteiger partial charge in [0, 0.05) is 5.56 Å². The Morgan fingerprint density at radius 2 is 1.36 bits per heavy atom. The summed E-state index contributed by atoms with van der Waals surface area (Å²) in [7, 11) is 1.75. The summed E-state index contributed by atoms with van der Waals surface area (Å²) in [6, 6.07) is 3.74. The number of benzene rings is 1. The number of phenolic OH excluding ortho intramolecular Hbond substituents is 1. The van der Waals surface area contributed by atoms with Gasteiger partial charge in [0.2, 0.25) is 0 Å². The lowest BCUT2D eigenvalue weighted by Crippen LogP contribution is -2.04. The van der Waals surface area contributed by atoms with E-state index in [1.165, 1.54) is 76.2 Å². The maximum atomic E-state index is 10.00. The monoisotopic (exact) mass is 304 g/mol. The summed E-state index contributed by atoms with van der Waals surface area (Å²) in [6.07, 6.45) is 14.7. The molecular weight excluding hydrogens is 272 g/mol. The molecule has 1 N–H and O–H groups in total. The van der Waals surface area contributed by atoms with E-state index in [1.54, 1.807) is 13.2 Å². The van der Waals surface area contributed by atoms with Crippen LogP contribution in [0.15, 0.2) is 12.1 Å². The lowest BCUT2D eigenvalue weighted by Gasteiger charge is -2.22. The number of ether oxygens (including phenoxy) is 1. The molecule has 0 heterocycles. The zero-order valence-corrected chi connectivity index (χ0v) is 14.4. The van der Waals surface area contributed by atoms with Crippen molar-refractivity contribution in [2.24, 2.45) is 0 Å². The zero-order chi connectivity index (χ0) is 15.8. The number of aromatic hydroxyl groups is 1. The van der Waals surface area contributed by atoms with Crippen LogP contribution in [-0.2, 0) is 0 Å². The molecule has 0 unspecified atom stereocenters.